The maximum atomic E-state index is 11.3. The summed E-state index contributed by atoms with van der Waals surface area (Å²) in [5.41, 5.74) is -0.463. The summed E-state index contributed by atoms with van der Waals surface area (Å²) in [5.74, 6) is 0.505. The van der Waals surface area contributed by atoms with Gasteiger partial charge in [0.2, 0.25) is 0 Å². The van der Waals surface area contributed by atoms with E-state index >= 15 is 0 Å². The molecule has 3 heteroatoms. The predicted octanol–water partition coefficient (Wildman–Crippen LogP) is 1.26. The van der Waals surface area contributed by atoms with E-state index in [4.69, 9.17) is 0 Å². The minimum Gasteiger partial charge on any atom is -0.481 e. The van der Waals surface area contributed by atoms with E-state index in [2.05, 4.69) is 0 Å². The van der Waals surface area contributed by atoms with Gasteiger partial charge in [-0.05, 0) is 49.9 Å². The number of hydrogen-bond acceptors (Lipinski definition) is 2. The zero-order valence-electron chi connectivity index (χ0n) is 8.15. The van der Waals surface area contributed by atoms with Crippen LogP contribution in [0.1, 0.15) is 32.1 Å². The highest BCUT2D eigenvalue weighted by Crippen LogP contribution is 2.60. The molecule has 0 heterocycles. The summed E-state index contributed by atoms with van der Waals surface area (Å²) in [6.07, 6.45) is 4.22. The van der Waals surface area contributed by atoms with Crippen molar-refractivity contribution < 1.29 is 15.0 Å². The maximum Gasteiger partial charge on any atom is 0.309 e. The van der Waals surface area contributed by atoms with E-state index < -0.39 is 11.4 Å². The van der Waals surface area contributed by atoms with Crippen LogP contribution in [0.25, 0.3) is 0 Å². The maximum absolute atomic E-state index is 11.3. The number of carboxylic acid groups (broad SMARTS) is 1. The summed E-state index contributed by atoms with van der Waals surface area (Å²) in [7, 11) is 0. The van der Waals surface area contributed by atoms with Crippen LogP contribution < -0.4 is 0 Å². The van der Waals surface area contributed by atoms with Crippen LogP contribution in [0.4, 0.5) is 0 Å². The van der Waals surface area contributed by atoms with Crippen LogP contribution >= 0.6 is 0 Å². The lowest BCUT2D eigenvalue weighted by molar-refractivity contribution is -0.178. The lowest BCUT2D eigenvalue weighted by atomic mass is 9.48. The normalized spacial score (nSPS) is 54.9. The van der Waals surface area contributed by atoms with Crippen LogP contribution in [0.5, 0.6) is 0 Å². The van der Waals surface area contributed by atoms with E-state index in [9.17, 15) is 15.0 Å². The molecule has 4 bridgehead atoms. The van der Waals surface area contributed by atoms with E-state index in [1.165, 1.54) is 0 Å². The van der Waals surface area contributed by atoms with Crippen molar-refractivity contribution in [3.8, 4) is 0 Å². The van der Waals surface area contributed by atoms with Gasteiger partial charge >= 0.3 is 5.97 Å². The van der Waals surface area contributed by atoms with Crippen LogP contribution in [-0.4, -0.2) is 22.3 Å². The lowest BCUT2D eigenvalue weighted by Crippen LogP contribution is -2.56. The van der Waals surface area contributed by atoms with Gasteiger partial charge in [0.15, 0.2) is 0 Å². The van der Waals surface area contributed by atoms with E-state index in [0.29, 0.717) is 5.92 Å². The fourth-order valence-corrected chi connectivity index (χ4v) is 4.26. The molecule has 0 radical (unpaired) electrons. The standard InChI is InChI=1S/C11H16O3/c12-9-7-1-6-2-8(9)5-11(3-6,4-7)10(13)14/h6-9,12H,1-5H2,(H,13,14)/t6?,7-,8?,9?,11?/m1/s1. The Kier molecular flexibility index (Phi) is 1.56. The molecule has 4 unspecified atom stereocenters. The number of hydrogen-bond donors (Lipinski definition) is 2. The van der Waals surface area contributed by atoms with Gasteiger partial charge in [0.05, 0.1) is 11.5 Å². The molecule has 4 rings (SSSR count). The topological polar surface area (TPSA) is 57.5 Å². The first-order chi connectivity index (χ1) is 6.61. The van der Waals surface area contributed by atoms with Crippen LogP contribution in [0.3, 0.4) is 0 Å². The Morgan fingerprint density at radius 2 is 1.71 bits per heavy atom. The largest absolute Gasteiger partial charge is 0.481 e. The first-order valence-corrected chi connectivity index (χ1v) is 5.52. The van der Waals surface area contributed by atoms with Crippen LogP contribution in [-0.2, 0) is 4.79 Å². The molecule has 4 saturated carbocycles. The summed E-state index contributed by atoms with van der Waals surface area (Å²) in [6.45, 7) is 0. The van der Waals surface area contributed by atoms with Crippen molar-refractivity contribution in [2.45, 2.75) is 38.2 Å². The van der Waals surface area contributed by atoms with Crippen molar-refractivity contribution >= 4 is 5.97 Å². The Bertz CT molecular complexity index is 270. The molecule has 0 aromatic carbocycles. The zero-order valence-corrected chi connectivity index (χ0v) is 8.15. The smallest absolute Gasteiger partial charge is 0.309 e. The molecule has 0 aliphatic heterocycles. The zero-order chi connectivity index (χ0) is 9.92. The van der Waals surface area contributed by atoms with Crippen LogP contribution in [0.2, 0.25) is 0 Å². The molecular weight excluding hydrogens is 180 g/mol. The molecule has 0 aromatic heterocycles. The first kappa shape index (κ1) is 8.72. The monoisotopic (exact) mass is 196 g/mol. The number of rotatable bonds is 1. The Balaban J connectivity index is 1.96. The second-order valence-electron chi connectivity index (χ2n) is 5.55. The third kappa shape index (κ3) is 0.937. The van der Waals surface area contributed by atoms with Gasteiger partial charge < -0.3 is 10.2 Å². The Morgan fingerprint density at radius 1 is 1.14 bits per heavy atom. The van der Waals surface area contributed by atoms with Crippen molar-refractivity contribution in [2.75, 3.05) is 0 Å². The van der Waals surface area contributed by atoms with Gasteiger partial charge in [0, 0.05) is 0 Å². The first-order valence-electron chi connectivity index (χ1n) is 5.52. The van der Waals surface area contributed by atoms with Crippen molar-refractivity contribution in [3.05, 3.63) is 0 Å². The van der Waals surface area contributed by atoms with Gasteiger partial charge in [-0.1, -0.05) is 0 Å². The molecular formula is C11H16O3. The highest BCUT2D eigenvalue weighted by atomic mass is 16.4. The summed E-state index contributed by atoms with van der Waals surface area (Å²) >= 11 is 0. The highest BCUT2D eigenvalue weighted by Gasteiger charge is 2.58. The molecule has 0 spiro atoms. The Labute approximate surface area is 83.1 Å². The van der Waals surface area contributed by atoms with E-state index in [-0.39, 0.29) is 17.9 Å². The van der Waals surface area contributed by atoms with E-state index in [0.717, 1.165) is 32.1 Å². The van der Waals surface area contributed by atoms with E-state index in [1.54, 1.807) is 0 Å². The highest BCUT2D eigenvalue weighted by molar-refractivity contribution is 5.75. The number of carboxylic acids is 1. The second kappa shape index (κ2) is 2.51. The Morgan fingerprint density at radius 3 is 2.21 bits per heavy atom. The molecule has 2 N–H and O–H groups in total. The summed E-state index contributed by atoms with van der Waals surface area (Å²) in [4.78, 5) is 11.3. The summed E-state index contributed by atoms with van der Waals surface area (Å²) < 4.78 is 0. The molecule has 5 atom stereocenters. The fraction of sp³-hybridized carbons (Fsp3) is 0.909. The van der Waals surface area contributed by atoms with Gasteiger partial charge in [-0.15, -0.1) is 0 Å². The molecule has 0 aromatic rings. The SMILES string of the molecule is O=C(O)C12CC3CC(C1)C(O)[C@H](C3)C2. The van der Waals surface area contributed by atoms with Crippen molar-refractivity contribution in [2.24, 2.45) is 23.2 Å². The van der Waals surface area contributed by atoms with Crippen molar-refractivity contribution in [1.82, 2.24) is 0 Å². The average Bonchev–Trinajstić information content (AvgIpc) is 2.12. The molecule has 14 heavy (non-hydrogen) atoms. The van der Waals surface area contributed by atoms with Crippen molar-refractivity contribution in [3.63, 3.8) is 0 Å². The minimum absolute atomic E-state index is 0.209. The van der Waals surface area contributed by atoms with Crippen LogP contribution in [0, 0.1) is 23.2 Å². The molecule has 0 saturated heterocycles. The van der Waals surface area contributed by atoms with Gasteiger partial charge in [0.1, 0.15) is 0 Å². The van der Waals surface area contributed by atoms with Gasteiger partial charge in [-0.25, -0.2) is 0 Å². The van der Waals surface area contributed by atoms with Crippen molar-refractivity contribution in [1.29, 1.82) is 0 Å². The molecule has 4 aliphatic rings. The summed E-state index contributed by atoms with van der Waals surface area (Å²) in [6, 6.07) is 0. The number of aliphatic hydroxyl groups excluding tert-OH is 1. The molecule has 3 nitrogen and oxygen atoms in total. The number of aliphatic carboxylic acids is 1. The predicted molar refractivity (Wildman–Crippen MR) is 49.6 cm³/mol. The molecule has 4 aliphatic carbocycles. The summed E-state index contributed by atoms with van der Waals surface area (Å²) in [5, 5.41) is 19.2. The van der Waals surface area contributed by atoms with Gasteiger partial charge in [-0.2, -0.15) is 0 Å². The van der Waals surface area contributed by atoms with Gasteiger partial charge in [-0.3, -0.25) is 4.79 Å². The quantitative estimate of drug-likeness (QED) is 0.663. The lowest BCUT2D eigenvalue weighted by Gasteiger charge is -2.56. The third-order valence-electron chi connectivity index (χ3n) is 4.68. The molecule has 78 valence electrons. The van der Waals surface area contributed by atoms with Crippen LogP contribution in [0.15, 0.2) is 0 Å². The van der Waals surface area contributed by atoms with Gasteiger partial charge in [0.25, 0.3) is 0 Å². The third-order valence-corrected chi connectivity index (χ3v) is 4.68. The molecule has 0 amide bonds. The number of carbonyl (C=O) groups is 1. The minimum atomic E-state index is -0.621. The Hall–Kier alpha value is -0.570. The fourth-order valence-electron chi connectivity index (χ4n) is 4.26. The molecule has 4 fully saturated rings. The second-order valence-corrected chi connectivity index (χ2v) is 5.55. The number of aliphatic hydroxyl groups is 1. The van der Waals surface area contributed by atoms with E-state index in [1.807, 2.05) is 0 Å². The average molecular weight is 196 g/mol.